The fourth-order valence-corrected chi connectivity index (χ4v) is 1.40. The molecule has 0 aliphatic carbocycles. The van der Waals surface area contributed by atoms with Gasteiger partial charge in [-0.25, -0.2) is 8.78 Å². The molecule has 1 amide bonds. The molecule has 0 bridgehead atoms. The lowest BCUT2D eigenvalue weighted by Gasteiger charge is -2.20. The third-order valence-electron chi connectivity index (χ3n) is 2.06. The Bertz CT molecular complexity index is 286. The molecule has 1 aliphatic heterocycles. The lowest BCUT2D eigenvalue weighted by molar-refractivity contribution is -0.140. The van der Waals surface area contributed by atoms with E-state index in [4.69, 9.17) is 10.4 Å². The van der Waals surface area contributed by atoms with Crippen LogP contribution >= 0.6 is 0 Å². The van der Waals surface area contributed by atoms with E-state index in [1.165, 1.54) is 6.92 Å². The van der Waals surface area contributed by atoms with E-state index in [-0.39, 0.29) is 0 Å². The second-order valence-electron chi connectivity index (χ2n) is 3.35. The van der Waals surface area contributed by atoms with Gasteiger partial charge in [0, 0.05) is 6.42 Å². The highest BCUT2D eigenvalue weighted by molar-refractivity contribution is 5.81. The molecule has 0 spiro atoms. The van der Waals surface area contributed by atoms with E-state index in [1.807, 2.05) is 0 Å². The fraction of sp³-hybridized carbons (Fsp3) is 0.750. The summed E-state index contributed by atoms with van der Waals surface area (Å²) in [5.74, 6) is -3.85. The van der Waals surface area contributed by atoms with Gasteiger partial charge in [-0.05, 0) is 6.92 Å². The maximum Gasteiger partial charge on any atom is 0.268 e. The first-order valence-corrected chi connectivity index (χ1v) is 4.13. The Kier molecular flexibility index (Phi) is 2.71. The lowest BCUT2D eigenvalue weighted by atomic mass is 10.2. The number of rotatable bonds is 1. The number of likely N-dealkylation sites (tertiary alicyclic amines) is 1. The molecule has 78 valence electrons. The predicted octanol–water partition coefficient (Wildman–Crippen LogP) is 0.127. The van der Waals surface area contributed by atoms with Crippen molar-refractivity contribution in [1.82, 2.24) is 4.90 Å². The second kappa shape index (κ2) is 3.50. The van der Waals surface area contributed by atoms with Gasteiger partial charge in [0.1, 0.15) is 12.1 Å². The van der Waals surface area contributed by atoms with Crippen molar-refractivity contribution in [3.8, 4) is 6.07 Å². The number of aliphatic hydroxyl groups excluding tert-OH is 1. The van der Waals surface area contributed by atoms with Crippen molar-refractivity contribution >= 4 is 5.91 Å². The SMILES string of the molecule is CC(O)C(=O)N1CC(F)(F)C[C@H]1C#N. The first kappa shape index (κ1) is 10.9. The topological polar surface area (TPSA) is 64.3 Å². The quantitative estimate of drug-likeness (QED) is 0.660. The van der Waals surface area contributed by atoms with Gasteiger partial charge in [0.2, 0.25) is 0 Å². The third-order valence-corrected chi connectivity index (χ3v) is 2.06. The Labute approximate surface area is 79.7 Å². The van der Waals surface area contributed by atoms with Gasteiger partial charge in [-0.3, -0.25) is 4.79 Å². The lowest BCUT2D eigenvalue weighted by Crippen LogP contribution is -2.41. The summed E-state index contributed by atoms with van der Waals surface area (Å²) in [6, 6.07) is 0.487. The number of hydrogen-bond acceptors (Lipinski definition) is 3. The maximum atomic E-state index is 12.8. The summed E-state index contributed by atoms with van der Waals surface area (Å²) < 4.78 is 25.7. The summed E-state index contributed by atoms with van der Waals surface area (Å²) in [6.07, 6.45) is -2.00. The monoisotopic (exact) mass is 204 g/mol. The third kappa shape index (κ3) is 1.99. The molecule has 0 saturated carbocycles. The Morgan fingerprint density at radius 2 is 2.36 bits per heavy atom. The van der Waals surface area contributed by atoms with Crippen molar-refractivity contribution in [2.24, 2.45) is 0 Å². The summed E-state index contributed by atoms with van der Waals surface area (Å²) in [7, 11) is 0. The molecule has 1 heterocycles. The molecule has 1 saturated heterocycles. The van der Waals surface area contributed by atoms with Gasteiger partial charge in [0.25, 0.3) is 11.8 Å². The highest BCUT2D eigenvalue weighted by Crippen LogP contribution is 2.31. The molecule has 6 heteroatoms. The molecule has 0 aromatic heterocycles. The number of aliphatic hydroxyl groups is 1. The number of carbonyl (C=O) groups excluding carboxylic acids is 1. The normalized spacial score (nSPS) is 27.1. The van der Waals surface area contributed by atoms with Gasteiger partial charge in [-0.1, -0.05) is 0 Å². The Morgan fingerprint density at radius 1 is 1.79 bits per heavy atom. The van der Waals surface area contributed by atoms with E-state index < -0.39 is 36.9 Å². The summed E-state index contributed by atoms with van der Waals surface area (Å²) in [4.78, 5) is 11.9. The minimum Gasteiger partial charge on any atom is -0.384 e. The smallest absolute Gasteiger partial charge is 0.268 e. The minimum atomic E-state index is -3.02. The number of alkyl halides is 2. The van der Waals surface area contributed by atoms with E-state index in [9.17, 15) is 13.6 Å². The van der Waals surface area contributed by atoms with Crippen molar-refractivity contribution in [3.63, 3.8) is 0 Å². The molecule has 1 unspecified atom stereocenters. The average Bonchev–Trinajstić information content (AvgIpc) is 2.39. The standard InChI is InChI=1S/C8H10F2N2O2/c1-5(13)7(14)12-4-8(9,10)2-6(12)3-11/h5-6,13H,2,4H2,1H3/t5?,6-/m0/s1. The summed E-state index contributed by atoms with van der Waals surface area (Å²) >= 11 is 0. The van der Waals surface area contributed by atoms with Crippen LogP contribution in [0.3, 0.4) is 0 Å². The van der Waals surface area contributed by atoms with Crippen molar-refractivity contribution in [1.29, 1.82) is 5.26 Å². The number of hydrogen-bond donors (Lipinski definition) is 1. The van der Waals surface area contributed by atoms with Crippen molar-refractivity contribution in [2.75, 3.05) is 6.54 Å². The molecule has 1 N–H and O–H groups in total. The van der Waals surface area contributed by atoms with Crippen molar-refractivity contribution < 1.29 is 18.7 Å². The molecule has 4 nitrogen and oxygen atoms in total. The Balaban J connectivity index is 2.80. The molecule has 1 aliphatic rings. The van der Waals surface area contributed by atoms with Crippen molar-refractivity contribution in [3.05, 3.63) is 0 Å². The van der Waals surface area contributed by atoms with Crippen LogP contribution in [0.4, 0.5) is 8.78 Å². The number of halogens is 2. The number of nitriles is 1. The highest BCUT2D eigenvalue weighted by atomic mass is 19.3. The summed E-state index contributed by atoms with van der Waals surface area (Å²) in [5, 5.41) is 17.5. The Morgan fingerprint density at radius 3 is 2.79 bits per heavy atom. The van der Waals surface area contributed by atoms with Crippen LogP contribution in [0.2, 0.25) is 0 Å². The van der Waals surface area contributed by atoms with Crippen LogP contribution < -0.4 is 0 Å². The van der Waals surface area contributed by atoms with E-state index >= 15 is 0 Å². The van der Waals surface area contributed by atoms with Crippen LogP contribution in [-0.2, 0) is 4.79 Å². The molecule has 2 atom stereocenters. The zero-order chi connectivity index (χ0) is 10.9. The van der Waals surface area contributed by atoms with Gasteiger partial charge in [0.05, 0.1) is 12.6 Å². The Hall–Kier alpha value is -1.22. The van der Waals surface area contributed by atoms with E-state index in [2.05, 4.69) is 0 Å². The largest absolute Gasteiger partial charge is 0.384 e. The zero-order valence-electron chi connectivity index (χ0n) is 7.57. The van der Waals surface area contributed by atoms with Crippen LogP contribution in [0.15, 0.2) is 0 Å². The van der Waals surface area contributed by atoms with Crippen LogP contribution in [-0.4, -0.2) is 40.5 Å². The molecule has 1 fully saturated rings. The van der Waals surface area contributed by atoms with Gasteiger partial charge >= 0.3 is 0 Å². The van der Waals surface area contributed by atoms with Gasteiger partial charge in [-0.2, -0.15) is 5.26 Å². The zero-order valence-corrected chi connectivity index (χ0v) is 7.57. The number of nitrogens with zero attached hydrogens (tertiary/aromatic N) is 2. The van der Waals surface area contributed by atoms with E-state index in [1.54, 1.807) is 6.07 Å². The molecule has 14 heavy (non-hydrogen) atoms. The van der Waals surface area contributed by atoms with E-state index in [0.29, 0.717) is 0 Å². The first-order chi connectivity index (χ1) is 6.37. The molecular formula is C8H10F2N2O2. The molecule has 0 aromatic carbocycles. The van der Waals surface area contributed by atoms with Gasteiger partial charge in [0.15, 0.2) is 0 Å². The predicted molar refractivity (Wildman–Crippen MR) is 42.4 cm³/mol. The minimum absolute atomic E-state index is 0.651. The van der Waals surface area contributed by atoms with Crippen molar-refractivity contribution in [2.45, 2.75) is 31.4 Å². The summed E-state index contributed by atoms with van der Waals surface area (Å²) in [6.45, 7) is 0.405. The van der Waals surface area contributed by atoms with E-state index in [0.717, 1.165) is 4.90 Å². The molecule has 0 radical (unpaired) electrons. The second-order valence-corrected chi connectivity index (χ2v) is 3.35. The van der Waals surface area contributed by atoms with Crippen LogP contribution in [0.25, 0.3) is 0 Å². The average molecular weight is 204 g/mol. The first-order valence-electron chi connectivity index (χ1n) is 4.13. The van der Waals surface area contributed by atoms with Gasteiger partial charge in [-0.15, -0.1) is 0 Å². The molecular weight excluding hydrogens is 194 g/mol. The molecule has 0 aromatic rings. The van der Waals surface area contributed by atoms with Crippen LogP contribution in [0.1, 0.15) is 13.3 Å². The van der Waals surface area contributed by atoms with Crippen LogP contribution in [0.5, 0.6) is 0 Å². The van der Waals surface area contributed by atoms with Gasteiger partial charge < -0.3 is 10.0 Å². The molecule has 1 rings (SSSR count). The summed E-state index contributed by atoms with van der Waals surface area (Å²) in [5.41, 5.74) is 0. The maximum absolute atomic E-state index is 12.8. The highest BCUT2D eigenvalue weighted by Gasteiger charge is 2.47. The fourth-order valence-electron chi connectivity index (χ4n) is 1.40. The number of carbonyl (C=O) groups is 1. The van der Waals surface area contributed by atoms with Crippen LogP contribution in [0, 0.1) is 11.3 Å². The number of amides is 1.